The van der Waals surface area contributed by atoms with E-state index < -0.39 is 12.6 Å². The number of hydrogen-bond acceptors (Lipinski definition) is 5. The molecule has 0 fully saturated rings. The van der Waals surface area contributed by atoms with Gasteiger partial charge in [0.1, 0.15) is 12.4 Å². The molecule has 0 radical (unpaired) electrons. The number of carboxylic acid groups (broad SMARTS) is 1. The van der Waals surface area contributed by atoms with Gasteiger partial charge in [-0.15, -0.1) is 0 Å². The molecule has 0 heterocycles. The third kappa shape index (κ3) is 2.76. The van der Waals surface area contributed by atoms with Crippen molar-refractivity contribution in [3.05, 3.63) is 70.8 Å². The number of para-hydroxylation sites is 1. The van der Waals surface area contributed by atoms with Crippen LogP contribution in [-0.2, 0) is 4.79 Å². The topological polar surface area (TPSA) is 83.5 Å². The molecule has 5 heteroatoms. The molecule has 0 saturated heterocycles. The van der Waals surface area contributed by atoms with Crippen LogP contribution in [0.4, 0.5) is 0 Å². The Hall–Kier alpha value is -3.21. The van der Waals surface area contributed by atoms with Gasteiger partial charge in [0.15, 0.2) is 11.6 Å². The van der Waals surface area contributed by atoms with Gasteiger partial charge < -0.3 is 14.6 Å². The molecule has 2 aromatic carbocycles. The summed E-state index contributed by atoms with van der Waals surface area (Å²) in [6.45, 7) is -0.609. The molecule has 0 unspecified atom stereocenters. The third-order valence-corrected chi connectivity index (χ3v) is 3.47. The Kier molecular flexibility index (Phi) is 3.76. The van der Waals surface area contributed by atoms with Gasteiger partial charge in [-0.25, -0.2) is 0 Å². The number of carboxylic acids is 1. The van der Waals surface area contributed by atoms with E-state index in [9.17, 15) is 19.5 Å². The predicted octanol–water partition coefficient (Wildman–Crippen LogP) is 1.28. The lowest BCUT2D eigenvalue weighted by atomic mass is 10.1. The molecule has 0 saturated carbocycles. The lowest BCUT2D eigenvalue weighted by Gasteiger charge is -2.09. The summed E-state index contributed by atoms with van der Waals surface area (Å²) in [6, 6.07) is 13.2. The summed E-state index contributed by atoms with van der Waals surface area (Å²) < 4.78 is 5.13. The number of rotatable bonds is 4. The maximum absolute atomic E-state index is 12.4. The molecule has 0 amide bonds. The summed E-state index contributed by atoms with van der Waals surface area (Å²) in [6.07, 6.45) is 1.43. The Morgan fingerprint density at radius 3 is 2.13 bits per heavy atom. The van der Waals surface area contributed by atoms with Gasteiger partial charge in [-0.2, -0.15) is 0 Å². The van der Waals surface area contributed by atoms with Crippen LogP contribution >= 0.6 is 0 Å². The first-order chi connectivity index (χ1) is 11.1. The lowest BCUT2D eigenvalue weighted by Crippen LogP contribution is -2.29. The van der Waals surface area contributed by atoms with Gasteiger partial charge in [-0.1, -0.05) is 42.5 Å². The minimum Gasteiger partial charge on any atom is -0.546 e. The zero-order chi connectivity index (χ0) is 16.4. The van der Waals surface area contributed by atoms with E-state index in [4.69, 9.17) is 4.74 Å². The van der Waals surface area contributed by atoms with Gasteiger partial charge in [0.05, 0.1) is 11.5 Å². The summed E-state index contributed by atoms with van der Waals surface area (Å²) in [7, 11) is 0. The minimum atomic E-state index is -1.35. The van der Waals surface area contributed by atoms with Crippen molar-refractivity contribution in [1.82, 2.24) is 0 Å². The van der Waals surface area contributed by atoms with Crippen molar-refractivity contribution in [1.29, 1.82) is 0 Å². The molecular weight excluding hydrogens is 296 g/mol. The average molecular weight is 307 g/mol. The van der Waals surface area contributed by atoms with Gasteiger partial charge in [-0.3, -0.25) is 9.59 Å². The first kappa shape index (κ1) is 14.7. The van der Waals surface area contributed by atoms with E-state index in [1.54, 1.807) is 48.5 Å². The molecule has 0 aromatic heterocycles. The fourth-order valence-corrected chi connectivity index (χ4v) is 2.43. The number of benzene rings is 2. The van der Waals surface area contributed by atoms with Crippen LogP contribution in [0.25, 0.3) is 6.08 Å². The SMILES string of the molecule is O=C([O-])COc1ccccc1C=C1C(=O)c2ccccc2C1=O. The quantitative estimate of drug-likeness (QED) is 0.627. The summed E-state index contributed by atoms with van der Waals surface area (Å²) in [5.41, 5.74) is 1.24. The molecule has 0 spiro atoms. The van der Waals surface area contributed by atoms with E-state index in [-0.39, 0.29) is 22.9 Å². The Bertz CT molecular complexity index is 811. The van der Waals surface area contributed by atoms with Crippen molar-refractivity contribution in [3.63, 3.8) is 0 Å². The highest BCUT2D eigenvalue weighted by Gasteiger charge is 2.32. The normalized spacial score (nSPS) is 13.0. The second-order valence-corrected chi connectivity index (χ2v) is 4.96. The molecule has 114 valence electrons. The molecule has 5 nitrogen and oxygen atoms in total. The van der Waals surface area contributed by atoms with Crippen LogP contribution in [-0.4, -0.2) is 24.1 Å². The largest absolute Gasteiger partial charge is 0.546 e. The van der Waals surface area contributed by atoms with Crippen LogP contribution in [0.3, 0.4) is 0 Å². The zero-order valence-corrected chi connectivity index (χ0v) is 11.9. The summed E-state index contributed by atoms with van der Waals surface area (Å²) >= 11 is 0. The molecule has 0 bridgehead atoms. The molecule has 1 aliphatic rings. The van der Waals surface area contributed by atoms with Gasteiger partial charge in [-0.05, 0) is 12.1 Å². The molecule has 23 heavy (non-hydrogen) atoms. The maximum Gasteiger partial charge on any atom is 0.197 e. The van der Waals surface area contributed by atoms with E-state index in [1.807, 2.05) is 0 Å². The molecule has 0 N–H and O–H groups in total. The zero-order valence-electron chi connectivity index (χ0n) is 11.9. The van der Waals surface area contributed by atoms with Gasteiger partial charge in [0.2, 0.25) is 0 Å². The smallest absolute Gasteiger partial charge is 0.197 e. The summed E-state index contributed by atoms with van der Waals surface area (Å²) in [4.78, 5) is 35.2. The minimum absolute atomic E-state index is 0.0377. The summed E-state index contributed by atoms with van der Waals surface area (Å²) in [5, 5.41) is 10.5. The highest BCUT2D eigenvalue weighted by molar-refractivity contribution is 6.41. The molecule has 2 aromatic rings. The van der Waals surface area contributed by atoms with Gasteiger partial charge in [0, 0.05) is 16.7 Å². The fraction of sp³-hybridized carbons (Fsp3) is 0.0556. The number of ether oxygens (including phenoxy) is 1. The van der Waals surface area contributed by atoms with E-state index in [2.05, 4.69) is 0 Å². The van der Waals surface area contributed by atoms with Crippen molar-refractivity contribution >= 4 is 23.6 Å². The van der Waals surface area contributed by atoms with E-state index in [1.165, 1.54) is 6.08 Å². The second kappa shape index (κ2) is 5.88. The van der Waals surface area contributed by atoms with Crippen LogP contribution in [0.5, 0.6) is 5.75 Å². The average Bonchev–Trinajstić information content (AvgIpc) is 2.79. The van der Waals surface area contributed by atoms with Crippen LogP contribution in [0.1, 0.15) is 26.3 Å². The van der Waals surface area contributed by atoms with Crippen molar-refractivity contribution in [3.8, 4) is 5.75 Å². The number of fused-ring (bicyclic) bond motifs is 1. The fourth-order valence-electron chi connectivity index (χ4n) is 2.43. The van der Waals surface area contributed by atoms with Crippen molar-refractivity contribution < 1.29 is 24.2 Å². The molecule has 0 atom stereocenters. The highest BCUT2D eigenvalue weighted by atomic mass is 16.5. The lowest BCUT2D eigenvalue weighted by molar-refractivity contribution is -0.307. The van der Waals surface area contributed by atoms with Crippen molar-refractivity contribution in [2.45, 2.75) is 0 Å². The Balaban J connectivity index is 1.99. The number of carbonyl (C=O) groups is 3. The number of ketones is 2. The standard InChI is InChI=1S/C18H12O5/c19-16(20)10-23-15-8-4-1-5-11(15)9-14-17(21)12-6-2-3-7-13(12)18(14)22/h1-9H,10H2,(H,19,20)/p-1. The van der Waals surface area contributed by atoms with Gasteiger partial charge in [0.25, 0.3) is 0 Å². The van der Waals surface area contributed by atoms with Crippen molar-refractivity contribution in [2.75, 3.05) is 6.61 Å². The van der Waals surface area contributed by atoms with Crippen LogP contribution < -0.4 is 9.84 Å². The van der Waals surface area contributed by atoms with E-state index >= 15 is 0 Å². The molecule has 1 aliphatic carbocycles. The first-order valence-electron chi connectivity index (χ1n) is 6.89. The van der Waals surface area contributed by atoms with E-state index in [0.29, 0.717) is 16.7 Å². The number of Topliss-reactive ketones (excluding diaryl/α,β-unsaturated/α-hetero) is 2. The number of aliphatic carboxylic acids is 1. The number of allylic oxidation sites excluding steroid dienone is 1. The third-order valence-electron chi connectivity index (χ3n) is 3.47. The maximum atomic E-state index is 12.4. The van der Waals surface area contributed by atoms with Crippen LogP contribution in [0.2, 0.25) is 0 Å². The highest BCUT2D eigenvalue weighted by Crippen LogP contribution is 2.29. The summed E-state index contributed by atoms with van der Waals surface area (Å²) in [5.74, 6) is -1.78. The first-order valence-corrected chi connectivity index (χ1v) is 6.89. The monoisotopic (exact) mass is 307 g/mol. The number of hydrogen-bond donors (Lipinski definition) is 0. The van der Waals surface area contributed by atoms with Crippen LogP contribution in [0.15, 0.2) is 54.1 Å². The Morgan fingerprint density at radius 1 is 0.957 bits per heavy atom. The predicted molar refractivity (Wildman–Crippen MR) is 80.0 cm³/mol. The molecule has 0 aliphatic heterocycles. The Labute approximate surface area is 131 Å². The molecular formula is C18H11O5-. The second-order valence-electron chi connectivity index (χ2n) is 4.96. The number of carbonyl (C=O) groups excluding carboxylic acids is 3. The van der Waals surface area contributed by atoms with Crippen LogP contribution in [0, 0.1) is 0 Å². The van der Waals surface area contributed by atoms with E-state index in [0.717, 1.165) is 0 Å². The Morgan fingerprint density at radius 2 is 1.52 bits per heavy atom. The van der Waals surface area contributed by atoms with Crippen molar-refractivity contribution in [2.24, 2.45) is 0 Å². The van der Waals surface area contributed by atoms with Gasteiger partial charge >= 0.3 is 0 Å². The molecule has 3 rings (SSSR count).